The van der Waals surface area contributed by atoms with Crippen LogP contribution in [0.25, 0.3) is 0 Å². The molecule has 0 spiro atoms. The van der Waals surface area contributed by atoms with E-state index >= 15 is 0 Å². The Bertz CT molecular complexity index is 447. The number of hydrogen-bond donors (Lipinski definition) is 0. The molecule has 1 aromatic heterocycles. The number of rotatable bonds is 3. The van der Waals surface area contributed by atoms with E-state index in [0.717, 1.165) is 36.1 Å². The molecule has 0 radical (unpaired) electrons. The molecule has 0 aliphatic carbocycles. The van der Waals surface area contributed by atoms with Crippen LogP contribution in [0.15, 0.2) is 0 Å². The van der Waals surface area contributed by atoms with Gasteiger partial charge in [-0.1, -0.05) is 0 Å². The number of thiazole rings is 1. The maximum Gasteiger partial charge on any atom is 0.358 e. The minimum Gasteiger partial charge on any atom is -0.461 e. The summed E-state index contributed by atoms with van der Waals surface area (Å²) in [5.74, 6) is -0.332. The van der Waals surface area contributed by atoms with Crippen LogP contribution < -0.4 is 4.90 Å². The highest BCUT2D eigenvalue weighted by Crippen LogP contribution is 2.27. The Morgan fingerprint density at radius 1 is 1.63 bits per heavy atom. The molecule has 19 heavy (non-hydrogen) atoms. The first-order valence-corrected chi connectivity index (χ1v) is 7.44. The third-order valence-electron chi connectivity index (χ3n) is 2.98. The van der Waals surface area contributed by atoms with Gasteiger partial charge in [0.05, 0.1) is 12.7 Å². The molecule has 0 saturated carbocycles. The first kappa shape index (κ1) is 14.3. The monoisotopic (exact) mass is 284 g/mol. The normalized spacial score (nSPS) is 20.2. The smallest absolute Gasteiger partial charge is 0.358 e. The van der Waals surface area contributed by atoms with Crippen LogP contribution in [0.2, 0.25) is 0 Å². The predicted octanol–water partition coefficient (Wildman–Crippen LogP) is 2.24. The van der Waals surface area contributed by atoms with Gasteiger partial charge in [0.25, 0.3) is 0 Å². The SMILES string of the molecule is CCOC(=O)c1nc(N2CCCOC(C)C2)sc1C. The Hall–Kier alpha value is -1.14. The summed E-state index contributed by atoms with van der Waals surface area (Å²) >= 11 is 1.54. The van der Waals surface area contributed by atoms with Crippen molar-refractivity contribution in [3.8, 4) is 0 Å². The van der Waals surface area contributed by atoms with Gasteiger partial charge in [-0.2, -0.15) is 0 Å². The molecule has 106 valence electrons. The van der Waals surface area contributed by atoms with Crippen molar-refractivity contribution in [1.29, 1.82) is 0 Å². The average molecular weight is 284 g/mol. The second kappa shape index (κ2) is 6.34. The van der Waals surface area contributed by atoms with E-state index in [0.29, 0.717) is 12.3 Å². The van der Waals surface area contributed by atoms with Crippen molar-refractivity contribution in [1.82, 2.24) is 4.98 Å². The topological polar surface area (TPSA) is 51.7 Å². The summed E-state index contributed by atoms with van der Waals surface area (Å²) < 4.78 is 10.6. The van der Waals surface area contributed by atoms with Gasteiger partial charge in [-0.3, -0.25) is 0 Å². The van der Waals surface area contributed by atoms with Gasteiger partial charge >= 0.3 is 5.97 Å². The number of hydrogen-bond acceptors (Lipinski definition) is 6. The highest BCUT2D eigenvalue weighted by atomic mass is 32.1. The molecule has 5 nitrogen and oxygen atoms in total. The molecular formula is C13H20N2O3S. The highest BCUT2D eigenvalue weighted by Gasteiger charge is 2.22. The first-order valence-electron chi connectivity index (χ1n) is 6.63. The Morgan fingerprint density at radius 2 is 2.42 bits per heavy atom. The number of aromatic nitrogens is 1. The van der Waals surface area contributed by atoms with Gasteiger partial charge in [0.2, 0.25) is 0 Å². The van der Waals surface area contributed by atoms with Crippen molar-refractivity contribution >= 4 is 22.4 Å². The summed E-state index contributed by atoms with van der Waals surface area (Å²) in [5, 5.41) is 0.887. The summed E-state index contributed by atoms with van der Waals surface area (Å²) in [7, 11) is 0. The fourth-order valence-corrected chi connectivity index (χ4v) is 3.01. The molecule has 2 heterocycles. The lowest BCUT2D eigenvalue weighted by Crippen LogP contribution is -2.30. The molecule has 1 fully saturated rings. The van der Waals surface area contributed by atoms with E-state index in [1.165, 1.54) is 0 Å². The summed E-state index contributed by atoms with van der Waals surface area (Å²) in [6.07, 6.45) is 1.18. The van der Waals surface area contributed by atoms with E-state index in [9.17, 15) is 4.79 Å². The molecule has 1 aromatic rings. The van der Waals surface area contributed by atoms with Gasteiger partial charge in [0.15, 0.2) is 10.8 Å². The van der Waals surface area contributed by atoms with E-state index < -0.39 is 0 Å². The maximum absolute atomic E-state index is 11.8. The van der Waals surface area contributed by atoms with E-state index in [4.69, 9.17) is 9.47 Å². The molecule has 1 aliphatic heterocycles. The molecule has 0 aromatic carbocycles. The van der Waals surface area contributed by atoms with Crippen LogP contribution >= 0.6 is 11.3 Å². The molecule has 1 atom stereocenters. The molecule has 1 aliphatic rings. The van der Waals surface area contributed by atoms with Crippen molar-refractivity contribution in [3.05, 3.63) is 10.6 Å². The number of carbonyl (C=O) groups excluding carboxylic acids is 1. The van der Waals surface area contributed by atoms with Crippen LogP contribution in [0.3, 0.4) is 0 Å². The van der Waals surface area contributed by atoms with E-state index in [1.54, 1.807) is 18.3 Å². The molecule has 1 unspecified atom stereocenters. The zero-order valence-corrected chi connectivity index (χ0v) is 12.5. The molecule has 2 rings (SSSR count). The van der Waals surface area contributed by atoms with Gasteiger partial charge in [-0.25, -0.2) is 9.78 Å². The zero-order chi connectivity index (χ0) is 13.8. The molecule has 0 N–H and O–H groups in total. The van der Waals surface area contributed by atoms with Gasteiger partial charge in [0, 0.05) is 24.6 Å². The fraction of sp³-hybridized carbons (Fsp3) is 0.692. The lowest BCUT2D eigenvalue weighted by atomic mass is 10.3. The van der Waals surface area contributed by atoms with Gasteiger partial charge in [-0.05, 0) is 27.2 Å². The number of nitrogens with zero attached hydrogens (tertiary/aromatic N) is 2. The van der Waals surface area contributed by atoms with Gasteiger partial charge in [0.1, 0.15) is 0 Å². The summed E-state index contributed by atoms with van der Waals surface area (Å²) in [6, 6.07) is 0. The quantitative estimate of drug-likeness (QED) is 0.797. The third kappa shape index (κ3) is 3.45. The Labute approximate surface area is 117 Å². The van der Waals surface area contributed by atoms with Crippen molar-refractivity contribution in [2.24, 2.45) is 0 Å². The van der Waals surface area contributed by atoms with Gasteiger partial charge in [-0.15, -0.1) is 11.3 Å². The second-order valence-electron chi connectivity index (χ2n) is 4.60. The minimum absolute atomic E-state index is 0.192. The van der Waals surface area contributed by atoms with Crippen LogP contribution in [0.4, 0.5) is 5.13 Å². The van der Waals surface area contributed by atoms with Crippen LogP contribution in [-0.2, 0) is 9.47 Å². The summed E-state index contributed by atoms with van der Waals surface area (Å²) in [5.41, 5.74) is 0.444. The number of esters is 1. The molecule has 6 heteroatoms. The predicted molar refractivity (Wildman–Crippen MR) is 75.1 cm³/mol. The maximum atomic E-state index is 11.8. The van der Waals surface area contributed by atoms with Crippen molar-refractivity contribution in [3.63, 3.8) is 0 Å². The summed E-state index contributed by atoms with van der Waals surface area (Å²) in [6.45, 7) is 8.66. The van der Waals surface area contributed by atoms with Crippen LogP contribution in [-0.4, -0.2) is 43.4 Å². The zero-order valence-electron chi connectivity index (χ0n) is 11.6. The van der Waals surface area contributed by atoms with Crippen LogP contribution in [0.1, 0.15) is 35.6 Å². The Kier molecular flexibility index (Phi) is 4.76. The molecule has 0 bridgehead atoms. The number of carbonyl (C=O) groups is 1. The lowest BCUT2D eigenvalue weighted by Gasteiger charge is -2.20. The standard InChI is InChI=1S/C13H20N2O3S/c1-4-17-12(16)11-10(3)19-13(14-11)15-6-5-7-18-9(2)8-15/h9H,4-8H2,1-3H3. The number of aryl methyl sites for hydroxylation is 1. The van der Waals surface area contributed by atoms with Crippen molar-refractivity contribution in [2.45, 2.75) is 33.3 Å². The van der Waals surface area contributed by atoms with E-state index in [2.05, 4.69) is 16.8 Å². The molecular weight excluding hydrogens is 264 g/mol. The Morgan fingerprint density at radius 3 is 3.16 bits per heavy atom. The van der Waals surface area contributed by atoms with Crippen molar-refractivity contribution in [2.75, 3.05) is 31.2 Å². The van der Waals surface area contributed by atoms with E-state index in [-0.39, 0.29) is 12.1 Å². The van der Waals surface area contributed by atoms with Crippen molar-refractivity contribution < 1.29 is 14.3 Å². The lowest BCUT2D eigenvalue weighted by molar-refractivity contribution is 0.0519. The number of ether oxygens (including phenoxy) is 2. The number of anilines is 1. The van der Waals surface area contributed by atoms with Crippen LogP contribution in [0, 0.1) is 6.92 Å². The Balaban J connectivity index is 2.16. The van der Waals surface area contributed by atoms with E-state index in [1.807, 2.05) is 6.92 Å². The molecule has 1 saturated heterocycles. The highest BCUT2D eigenvalue weighted by molar-refractivity contribution is 7.15. The van der Waals surface area contributed by atoms with Crippen LogP contribution in [0.5, 0.6) is 0 Å². The largest absolute Gasteiger partial charge is 0.461 e. The first-order chi connectivity index (χ1) is 9.11. The second-order valence-corrected chi connectivity index (χ2v) is 5.78. The average Bonchev–Trinajstić information content (AvgIpc) is 2.62. The summed E-state index contributed by atoms with van der Waals surface area (Å²) in [4.78, 5) is 19.3. The molecule has 0 amide bonds. The van der Waals surface area contributed by atoms with Gasteiger partial charge < -0.3 is 14.4 Å². The minimum atomic E-state index is -0.332. The fourth-order valence-electron chi connectivity index (χ4n) is 2.07. The third-order valence-corrected chi connectivity index (χ3v) is 4.01.